The van der Waals surface area contributed by atoms with E-state index in [0.717, 1.165) is 0 Å². The van der Waals surface area contributed by atoms with Crippen molar-refractivity contribution in [1.82, 2.24) is 15.6 Å². The molecular formula is C13H20N4O4. The van der Waals surface area contributed by atoms with Gasteiger partial charge in [0.2, 0.25) is 5.91 Å². The van der Waals surface area contributed by atoms with Crippen molar-refractivity contribution in [2.24, 2.45) is 0 Å². The fourth-order valence-electron chi connectivity index (χ4n) is 1.87. The smallest absolute Gasteiger partial charge is 0.278 e. The van der Waals surface area contributed by atoms with Crippen LogP contribution in [0.15, 0.2) is 6.20 Å². The summed E-state index contributed by atoms with van der Waals surface area (Å²) in [7, 11) is 1.56. The van der Waals surface area contributed by atoms with Crippen LogP contribution in [0.2, 0.25) is 0 Å². The van der Waals surface area contributed by atoms with Crippen LogP contribution in [-0.2, 0) is 16.1 Å². The van der Waals surface area contributed by atoms with Crippen molar-refractivity contribution < 1.29 is 14.5 Å². The molecule has 116 valence electrons. The van der Waals surface area contributed by atoms with Crippen LogP contribution in [0.25, 0.3) is 0 Å². The Morgan fingerprint density at radius 2 is 2.19 bits per heavy atom. The highest BCUT2D eigenvalue weighted by Crippen LogP contribution is 2.23. The number of carbonyl (C=O) groups excluding carboxylic acids is 1. The van der Waals surface area contributed by atoms with E-state index in [2.05, 4.69) is 15.6 Å². The van der Waals surface area contributed by atoms with Crippen LogP contribution in [-0.4, -0.2) is 42.6 Å². The highest BCUT2D eigenvalue weighted by molar-refractivity contribution is 5.77. The Hall–Kier alpha value is -2.06. The minimum atomic E-state index is -0.409. The molecule has 0 saturated carbocycles. The molecule has 8 nitrogen and oxygen atoms in total. The largest absolute Gasteiger partial charge is 0.383 e. The lowest BCUT2D eigenvalue weighted by Crippen LogP contribution is -2.35. The summed E-state index contributed by atoms with van der Waals surface area (Å²) in [6.45, 7) is 4.63. The van der Waals surface area contributed by atoms with E-state index in [9.17, 15) is 14.9 Å². The van der Waals surface area contributed by atoms with E-state index < -0.39 is 4.92 Å². The maximum Gasteiger partial charge on any atom is 0.278 e. The van der Waals surface area contributed by atoms with Gasteiger partial charge >= 0.3 is 0 Å². The van der Waals surface area contributed by atoms with E-state index in [1.807, 2.05) is 0 Å². The lowest BCUT2D eigenvalue weighted by molar-refractivity contribution is -0.386. The molecule has 0 aliphatic carbocycles. The molecule has 0 aliphatic rings. The zero-order valence-corrected chi connectivity index (χ0v) is 12.4. The first-order valence-corrected chi connectivity index (χ1v) is 6.53. The topological polar surface area (TPSA) is 106 Å². The monoisotopic (exact) mass is 296 g/mol. The van der Waals surface area contributed by atoms with E-state index in [1.165, 1.54) is 6.20 Å². The average Bonchev–Trinajstić information content (AvgIpc) is 2.41. The van der Waals surface area contributed by atoms with Gasteiger partial charge in [0.25, 0.3) is 5.69 Å². The standard InChI is InChI=1S/C13H20N4O4/c1-9-6-16-11(10(2)13(9)17(19)20)7-14-8-12(18)15-4-5-21-3/h6,14H,4-5,7-8H2,1-3H3,(H,15,18). The van der Waals surface area contributed by atoms with Gasteiger partial charge < -0.3 is 15.4 Å². The van der Waals surface area contributed by atoms with Crippen LogP contribution in [0.4, 0.5) is 5.69 Å². The molecule has 1 rings (SSSR count). The lowest BCUT2D eigenvalue weighted by Gasteiger charge is -2.09. The Labute approximate surface area is 123 Å². The molecule has 0 aromatic carbocycles. The van der Waals surface area contributed by atoms with Crippen LogP contribution in [0.1, 0.15) is 16.8 Å². The van der Waals surface area contributed by atoms with Gasteiger partial charge in [0.05, 0.1) is 23.8 Å². The van der Waals surface area contributed by atoms with Crippen LogP contribution in [0.5, 0.6) is 0 Å². The number of rotatable bonds is 8. The summed E-state index contributed by atoms with van der Waals surface area (Å²) >= 11 is 0. The van der Waals surface area contributed by atoms with Crippen molar-refractivity contribution >= 4 is 11.6 Å². The molecule has 1 amide bonds. The second-order valence-corrected chi connectivity index (χ2v) is 4.56. The lowest BCUT2D eigenvalue weighted by atomic mass is 10.1. The van der Waals surface area contributed by atoms with E-state index in [1.54, 1.807) is 21.0 Å². The number of pyridine rings is 1. The molecular weight excluding hydrogens is 276 g/mol. The van der Waals surface area contributed by atoms with Gasteiger partial charge in [0.1, 0.15) is 0 Å². The number of aryl methyl sites for hydroxylation is 1. The number of aromatic nitrogens is 1. The average molecular weight is 296 g/mol. The first kappa shape index (κ1) is 17.0. The number of methoxy groups -OCH3 is 1. The zero-order chi connectivity index (χ0) is 15.8. The number of nitro groups is 1. The fourth-order valence-corrected chi connectivity index (χ4v) is 1.87. The second kappa shape index (κ2) is 8.28. The van der Waals surface area contributed by atoms with Crippen molar-refractivity contribution in [3.8, 4) is 0 Å². The number of nitrogens with zero attached hydrogens (tertiary/aromatic N) is 2. The van der Waals surface area contributed by atoms with Gasteiger partial charge in [-0.15, -0.1) is 0 Å². The first-order valence-electron chi connectivity index (χ1n) is 6.53. The second-order valence-electron chi connectivity index (χ2n) is 4.56. The third kappa shape index (κ3) is 5.09. The van der Waals surface area contributed by atoms with Gasteiger partial charge in [-0.1, -0.05) is 0 Å². The minimum Gasteiger partial charge on any atom is -0.383 e. The first-order chi connectivity index (χ1) is 9.97. The maximum absolute atomic E-state index is 11.5. The Balaban J connectivity index is 2.55. The molecule has 0 bridgehead atoms. The van der Waals surface area contributed by atoms with Gasteiger partial charge in [-0.3, -0.25) is 19.9 Å². The molecule has 0 saturated heterocycles. The summed E-state index contributed by atoms with van der Waals surface area (Å²) in [5.74, 6) is -0.161. The fraction of sp³-hybridized carbons (Fsp3) is 0.538. The SMILES string of the molecule is COCCNC(=O)CNCc1ncc(C)c([N+](=O)[O-])c1C. The summed E-state index contributed by atoms with van der Waals surface area (Å²) < 4.78 is 4.82. The van der Waals surface area contributed by atoms with Crippen LogP contribution >= 0.6 is 0 Å². The number of amides is 1. The Morgan fingerprint density at radius 1 is 1.48 bits per heavy atom. The van der Waals surface area contributed by atoms with Gasteiger partial charge in [0, 0.05) is 37.5 Å². The predicted octanol–water partition coefficient (Wildman–Crippen LogP) is 0.459. The number of carbonyl (C=O) groups is 1. The number of hydrogen-bond acceptors (Lipinski definition) is 6. The van der Waals surface area contributed by atoms with Gasteiger partial charge in [-0.2, -0.15) is 0 Å². The molecule has 0 unspecified atom stereocenters. The Morgan fingerprint density at radius 3 is 2.81 bits per heavy atom. The third-order valence-corrected chi connectivity index (χ3v) is 2.96. The van der Waals surface area contributed by atoms with Crippen LogP contribution < -0.4 is 10.6 Å². The number of hydrogen-bond donors (Lipinski definition) is 2. The van der Waals surface area contributed by atoms with Crippen molar-refractivity contribution in [1.29, 1.82) is 0 Å². The van der Waals surface area contributed by atoms with Crippen LogP contribution in [0, 0.1) is 24.0 Å². The number of nitrogens with one attached hydrogen (secondary N) is 2. The molecule has 1 aromatic heterocycles. The summed E-state index contributed by atoms with van der Waals surface area (Å²) in [6.07, 6.45) is 1.47. The quantitative estimate of drug-likeness (QED) is 0.410. The highest BCUT2D eigenvalue weighted by atomic mass is 16.6. The minimum absolute atomic E-state index is 0.0753. The third-order valence-electron chi connectivity index (χ3n) is 2.96. The van der Waals surface area contributed by atoms with E-state index in [-0.39, 0.29) is 18.1 Å². The molecule has 1 heterocycles. The van der Waals surface area contributed by atoms with Gasteiger partial charge in [-0.25, -0.2) is 0 Å². The summed E-state index contributed by atoms with van der Waals surface area (Å²) in [4.78, 5) is 26.2. The molecule has 0 radical (unpaired) electrons. The van der Waals surface area contributed by atoms with E-state index in [4.69, 9.17) is 4.74 Å². The molecule has 21 heavy (non-hydrogen) atoms. The zero-order valence-electron chi connectivity index (χ0n) is 12.4. The van der Waals surface area contributed by atoms with Crippen molar-refractivity contribution in [3.05, 3.63) is 33.1 Å². The number of ether oxygens (including phenoxy) is 1. The van der Waals surface area contributed by atoms with Crippen molar-refractivity contribution in [2.45, 2.75) is 20.4 Å². The van der Waals surface area contributed by atoms with Gasteiger partial charge in [0.15, 0.2) is 0 Å². The Bertz CT molecular complexity index is 519. The summed E-state index contributed by atoms with van der Waals surface area (Å²) in [6, 6.07) is 0. The van der Waals surface area contributed by atoms with Crippen molar-refractivity contribution in [2.75, 3.05) is 26.8 Å². The molecule has 0 spiro atoms. The molecule has 8 heteroatoms. The Kier molecular flexibility index (Phi) is 6.70. The molecule has 1 aromatic rings. The molecule has 0 atom stereocenters. The maximum atomic E-state index is 11.5. The molecule has 0 fully saturated rings. The predicted molar refractivity (Wildman–Crippen MR) is 77.0 cm³/mol. The molecule has 0 aliphatic heterocycles. The van der Waals surface area contributed by atoms with E-state index >= 15 is 0 Å². The molecule has 2 N–H and O–H groups in total. The van der Waals surface area contributed by atoms with Crippen LogP contribution in [0.3, 0.4) is 0 Å². The van der Waals surface area contributed by atoms with Gasteiger partial charge in [-0.05, 0) is 13.8 Å². The summed E-state index contributed by atoms with van der Waals surface area (Å²) in [5, 5.41) is 16.6. The van der Waals surface area contributed by atoms with E-state index in [0.29, 0.717) is 36.5 Å². The van der Waals surface area contributed by atoms with Crippen molar-refractivity contribution in [3.63, 3.8) is 0 Å². The highest BCUT2D eigenvalue weighted by Gasteiger charge is 2.18. The summed E-state index contributed by atoms with van der Waals surface area (Å²) in [5.41, 5.74) is 1.69. The normalized spacial score (nSPS) is 10.4.